The fourth-order valence-electron chi connectivity index (χ4n) is 6.31. The normalized spacial score (nSPS) is 46.0. The van der Waals surface area contributed by atoms with Gasteiger partial charge in [0.05, 0.1) is 6.61 Å². The molecule has 1 heterocycles. The SMILES string of the molecule is C[C@@H]1C[C@@]2(O)OC[C@H]3CCC[C@H]([C@@]1(C)CCSc1ccccc1)[C@]32C. The standard InChI is InChI=1S/C22H32O2S/c1-16-14-22(23)21(3)17(15-24-22)8-7-11-19(21)20(16,2)12-13-25-18-9-5-4-6-10-18/h4-6,9-10,16-17,19,23H,7-8,11-15H2,1-3H3/t16-,17-,19-,20+,21+,22-/m1/s1. The van der Waals surface area contributed by atoms with Gasteiger partial charge >= 0.3 is 0 Å². The van der Waals surface area contributed by atoms with E-state index >= 15 is 0 Å². The van der Waals surface area contributed by atoms with Crippen LogP contribution in [0.2, 0.25) is 0 Å². The Morgan fingerprint density at radius 1 is 1.20 bits per heavy atom. The van der Waals surface area contributed by atoms with E-state index in [-0.39, 0.29) is 10.8 Å². The first-order valence-corrected chi connectivity index (χ1v) is 10.9. The van der Waals surface area contributed by atoms with E-state index in [1.807, 2.05) is 11.8 Å². The zero-order chi connectivity index (χ0) is 17.7. The molecule has 3 fully saturated rings. The molecule has 3 heteroatoms. The van der Waals surface area contributed by atoms with Crippen molar-refractivity contribution in [1.29, 1.82) is 0 Å². The van der Waals surface area contributed by atoms with E-state index in [1.165, 1.54) is 30.6 Å². The fraction of sp³-hybridized carbons (Fsp3) is 0.727. The van der Waals surface area contributed by atoms with Gasteiger partial charge in [-0.25, -0.2) is 0 Å². The molecule has 0 bridgehead atoms. The highest BCUT2D eigenvalue weighted by Gasteiger charge is 2.69. The molecule has 2 aliphatic carbocycles. The summed E-state index contributed by atoms with van der Waals surface area (Å²) >= 11 is 1.98. The average Bonchev–Trinajstić information content (AvgIpc) is 2.86. The Morgan fingerprint density at radius 2 is 1.96 bits per heavy atom. The molecular weight excluding hydrogens is 328 g/mol. The Bertz CT molecular complexity index is 620. The summed E-state index contributed by atoms with van der Waals surface area (Å²) in [7, 11) is 0. The molecule has 1 saturated heterocycles. The molecule has 0 unspecified atom stereocenters. The van der Waals surface area contributed by atoms with Gasteiger partial charge in [-0.2, -0.15) is 0 Å². The molecule has 1 aromatic rings. The lowest BCUT2D eigenvalue weighted by Gasteiger charge is -2.62. The molecule has 2 saturated carbocycles. The van der Waals surface area contributed by atoms with Gasteiger partial charge in [0, 0.05) is 16.7 Å². The summed E-state index contributed by atoms with van der Waals surface area (Å²) in [6.45, 7) is 7.93. The van der Waals surface area contributed by atoms with Gasteiger partial charge in [-0.3, -0.25) is 0 Å². The van der Waals surface area contributed by atoms with E-state index in [0.29, 0.717) is 17.8 Å². The van der Waals surface area contributed by atoms with Gasteiger partial charge in [0.25, 0.3) is 0 Å². The van der Waals surface area contributed by atoms with Crippen molar-refractivity contribution in [2.45, 2.75) is 63.6 Å². The predicted octanol–water partition coefficient (Wildman–Crippen LogP) is 5.36. The lowest BCUT2D eigenvalue weighted by Crippen LogP contribution is -2.63. The molecule has 0 radical (unpaired) electrons. The maximum absolute atomic E-state index is 11.4. The third-order valence-corrected chi connectivity index (χ3v) is 9.15. The van der Waals surface area contributed by atoms with Gasteiger partial charge in [-0.1, -0.05) is 45.4 Å². The molecule has 3 aliphatic rings. The number of hydrogen-bond donors (Lipinski definition) is 1. The smallest absolute Gasteiger partial charge is 0.171 e. The molecule has 1 aliphatic heterocycles. The van der Waals surface area contributed by atoms with Crippen molar-refractivity contribution in [1.82, 2.24) is 0 Å². The number of ether oxygens (including phenoxy) is 1. The largest absolute Gasteiger partial charge is 0.365 e. The van der Waals surface area contributed by atoms with Crippen LogP contribution in [0.5, 0.6) is 0 Å². The van der Waals surface area contributed by atoms with Gasteiger partial charge < -0.3 is 9.84 Å². The second kappa shape index (κ2) is 6.28. The highest BCUT2D eigenvalue weighted by atomic mass is 32.2. The van der Waals surface area contributed by atoms with Crippen molar-refractivity contribution in [3.05, 3.63) is 30.3 Å². The van der Waals surface area contributed by atoms with E-state index in [0.717, 1.165) is 18.8 Å². The summed E-state index contributed by atoms with van der Waals surface area (Å²) in [5, 5.41) is 11.4. The van der Waals surface area contributed by atoms with Gasteiger partial charge in [0.2, 0.25) is 0 Å². The highest BCUT2D eigenvalue weighted by Crippen LogP contribution is 2.69. The average molecular weight is 361 g/mol. The Balaban J connectivity index is 1.56. The molecule has 1 N–H and O–H groups in total. The third-order valence-electron chi connectivity index (χ3n) is 8.14. The zero-order valence-electron chi connectivity index (χ0n) is 15.8. The van der Waals surface area contributed by atoms with E-state index < -0.39 is 5.79 Å². The van der Waals surface area contributed by atoms with Crippen LogP contribution in [0, 0.1) is 28.6 Å². The topological polar surface area (TPSA) is 29.5 Å². The summed E-state index contributed by atoms with van der Waals surface area (Å²) in [4.78, 5) is 1.36. The zero-order valence-corrected chi connectivity index (χ0v) is 16.6. The van der Waals surface area contributed by atoms with Crippen molar-refractivity contribution in [2.75, 3.05) is 12.4 Å². The van der Waals surface area contributed by atoms with E-state index in [9.17, 15) is 5.11 Å². The monoisotopic (exact) mass is 360 g/mol. The van der Waals surface area contributed by atoms with Crippen molar-refractivity contribution in [2.24, 2.45) is 28.6 Å². The van der Waals surface area contributed by atoms with Crippen LogP contribution in [-0.4, -0.2) is 23.3 Å². The van der Waals surface area contributed by atoms with E-state index in [1.54, 1.807) is 0 Å². The van der Waals surface area contributed by atoms with Crippen LogP contribution >= 0.6 is 11.8 Å². The van der Waals surface area contributed by atoms with Crippen LogP contribution < -0.4 is 0 Å². The maximum atomic E-state index is 11.4. The quantitative estimate of drug-likeness (QED) is 0.733. The molecule has 0 amide bonds. The molecule has 25 heavy (non-hydrogen) atoms. The summed E-state index contributed by atoms with van der Waals surface area (Å²) < 4.78 is 6.05. The third kappa shape index (κ3) is 2.61. The van der Waals surface area contributed by atoms with Crippen LogP contribution in [0.3, 0.4) is 0 Å². The number of benzene rings is 1. The Labute approximate surface area is 156 Å². The van der Waals surface area contributed by atoms with Gasteiger partial charge in [0.15, 0.2) is 5.79 Å². The Hall–Kier alpha value is -0.510. The number of aliphatic hydroxyl groups is 1. The molecule has 4 rings (SSSR count). The van der Waals surface area contributed by atoms with Gasteiger partial charge in [-0.05, 0) is 60.3 Å². The van der Waals surface area contributed by atoms with Crippen LogP contribution in [0.1, 0.15) is 52.9 Å². The maximum Gasteiger partial charge on any atom is 0.171 e. The van der Waals surface area contributed by atoms with Crippen LogP contribution in [0.4, 0.5) is 0 Å². The fourth-order valence-corrected chi connectivity index (χ4v) is 7.43. The first kappa shape index (κ1) is 17.9. The summed E-state index contributed by atoms with van der Waals surface area (Å²) in [5.74, 6) is 1.84. The first-order valence-electron chi connectivity index (χ1n) is 9.94. The lowest BCUT2D eigenvalue weighted by molar-refractivity contribution is -0.296. The van der Waals surface area contributed by atoms with Crippen molar-refractivity contribution in [3.8, 4) is 0 Å². The number of thioether (sulfide) groups is 1. The first-order chi connectivity index (χ1) is 11.9. The molecule has 0 spiro atoms. The van der Waals surface area contributed by atoms with Gasteiger partial charge in [0.1, 0.15) is 0 Å². The molecule has 1 aromatic carbocycles. The Morgan fingerprint density at radius 3 is 2.72 bits per heavy atom. The minimum Gasteiger partial charge on any atom is -0.365 e. The molecule has 138 valence electrons. The van der Waals surface area contributed by atoms with Crippen molar-refractivity contribution < 1.29 is 9.84 Å². The van der Waals surface area contributed by atoms with E-state index in [4.69, 9.17) is 4.74 Å². The minimum absolute atomic E-state index is 0.0656. The van der Waals surface area contributed by atoms with Gasteiger partial charge in [-0.15, -0.1) is 11.8 Å². The second-order valence-electron chi connectivity index (χ2n) is 9.08. The number of rotatable bonds is 4. The van der Waals surface area contributed by atoms with Crippen molar-refractivity contribution >= 4 is 11.8 Å². The molecule has 2 nitrogen and oxygen atoms in total. The number of hydrogen-bond acceptors (Lipinski definition) is 3. The van der Waals surface area contributed by atoms with Crippen LogP contribution in [0.15, 0.2) is 35.2 Å². The van der Waals surface area contributed by atoms with Crippen LogP contribution in [-0.2, 0) is 4.74 Å². The minimum atomic E-state index is -0.895. The van der Waals surface area contributed by atoms with Crippen LogP contribution in [0.25, 0.3) is 0 Å². The summed E-state index contributed by atoms with van der Waals surface area (Å²) in [6.07, 6.45) is 5.77. The van der Waals surface area contributed by atoms with E-state index in [2.05, 4.69) is 51.1 Å². The Kier molecular flexibility index (Phi) is 4.49. The highest BCUT2D eigenvalue weighted by molar-refractivity contribution is 7.99. The second-order valence-corrected chi connectivity index (χ2v) is 10.2. The molecular formula is C22H32O2S. The molecule has 0 aromatic heterocycles. The molecule has 6 atom stereocenters. The lowest BCUT2D eigenvalue weighted by atomic mass is 9.44. The summed E-state index contributed by atoms with van der Waals surface area (Å²) in [6, 6.07) is 10.7. The van der Waals surface area contributed by atoms with Crippen molar-refractivity contribution in [3.63, 3.8) is 0 Å². The predicted molar refractivity (Wildman–Crippen MR) is 104 cm³/mol. The summed E-state index contributed by atoms with van der Waals surface area (Å²) in [5.41, 5.74) is 0.221.